The molecule has 0 saturated carbocycles. The molecule has 0 bridgehead atoms. The first-order chi connectivity index (χ1) is 7.77. The molecule has 1 aliphatic heterocycles. The van der Waals surface area contributed by atoms with Crippen molar-refractivity contribution >= 4 is 0 Å². The van der Waals surface area contributed by atoms with Gasteiger partial charge >= 0.3 is 0 Å². The third-order valence-electron chi connectivity index (χ3n) is 2.58. The largest absolute Gasteiger partial charge is 0.375 e. The number of hydrogen-bond donors (Lipinski definition) is 0. The van der Waals surface area contributed by atoms with Crippen molar-refractivity contribution in [2.45, 2.75) is 12.6 Å². The Labute approximate surface area is 94.6 Å². The van der Waals surface area contributed by atoms with Crippen LogP contribution in [-0.2, 0) is 15.2 Å². The zero-order valence-electron chi connectivity index (χ0n) is 9.28. The summed E-state index contributed by atoms with van der Waals surface area (Å²) < 4.78 is 24.0. The Morgan fingerprint density at radius 2 is 2.19 bits per heavy atom. The van der Waals surface area contributed by atoms with E-state index in [0.717, 1.165) is 5.56 Å². The second-order valence-electron chi connectivity index (χ2n) is 3.66. The summed E-state index contributed by atoms with van der Waals surface area (Å²) in [6.07, 6.45) is 0. The predicted octanol–water partition coefficient (Wildman–Crippen LogP) is 1.65. The molecule has 4 heteroatoms. The molecule has 87 valence electrons. The minimum atomic E-state index is -0.749. The van der Waals surface area contributed by atoms with Gasteiger partial charge < -0.3 is 9.47 Å². The highest BCUT2D eigenvalue weighted by molar-refractivity contribution is 5.23. The van der Waals surface area contributed by atoms with E-state index >= 15 is 0 Å². The zero-order chi connectivity index (χ0) is 11.4. The lowest BCUT2D eigenvalue weighted by molar-refractivity contribution is -0.149. The summed E-state index contributed by atoms with van der Waals surface area (Å²) in [4.78, 5) is 0. The monoisotopic (exact) mass is 224 g/mol. The Morgan fingerprint density at radius 3 is 2.75 bits per heavy atom. The minimum Gasteiger partial charge on any atom is -0.375 e. The second-order valence-corrected chi connectivity index (χ2v) is 3.66. The van der Waals surface area contributed by atoms with Gasteiger partial charge in [-0.25, -0.2) is 4.39 Å². The fraction of sp³-hybridized carbons (Fsp3) is 0.500. The Bertz CT molecular complexity index is 328. The van der Waals surface area contributed by atoms with Crippen LogP contribution < -0.4 is 5.32 Å². The molecule has 1 fully saturated rings. The summed E-state index contributed by atoms with van der Waals surface area (Å²) in [5.74, 6) is -0.257. The van der Waals surface area contributed by atoms with E-state index in [1.165, 1.54) is 12.1 Å². The van der Waals surface area contributed by atoms with E-state index in [0.29, 0.717) is 26.4 Å². The molecule has 0 N–H and O–H groups in total. The van der Waals surface area contributed by atoms with Crippen LogP contribution in [0, 0.1) is 5.82 Å². The Hall–Kier alpha value is -0.970. The molecule has 1 aromatic rings. The minimum absolute atomic E-state index is 0.257. The van der Waals surface area contributed by atoms with Gasteiger partial charge in [0.15, 0.2) is 5.72 Å². The van der Waals surface area contributed by atoms with Crippen molar-refractivity contribution in [2.24, 2.45) is 0 Å². The van der Waals surface area contributed by atoms with Crippen LogP contribution in [0.5, 0.6) is 0 Å². The van der Waals surface area contributed by atoms with Gasteiger partial charge in [0.2, 0.25) is 0 Å². The maximum absolute atomic E-state index is 12.9. The topological polar surface area (TPSA) is 32.6 Å². The van der Waals surface area contributed by atoms with Crippen molar-refractivity contribution in [1.29, 1.82) is 0 Å². The van der Waals surface area contributed by atoms with E-state index in [2.05, 4.69) is 5.32 Å². The summed E-state index contributed by atoms with van der Waals surface area (Å²) >= 11 is 0. The van der Waals surface area contributed by atoms with Gasteiger partial charge in [0, 0.05) is 18.7 Å². The molecule has 1 aliphatic rings. The highest BCUT2D eigenvalue weighted by atomic mass is 19.1. The molecule has 1 aromatic carbocycles. The molecule has 16 heavy (non-hydrogen) atoms. The van der Waals surface area contributed by atoms with Gasteiger partial charge in [-0.05, 0) is 19.1 Å². The SMILES string of the molecule is CCOC1(c2ccc(F)cc2)COCC[N]1. The summed E-state index contributed by atoms with van der Waals surface area (Å²) in [5.41, 5.74) is 0.0937. The number of benzene rings is 1. The Morgan fingerprint density at radius 1 is 1.44 bits per heavy atom. The van der Waals surface area contributed by atoms with Crippen LogP contribution in [-0.4, -0.2) is 26.4 Å². The van der Waals surface area contributed by atoms with Crippen LogP contribution in [0.3, 0.4) is 0 Å². The molecule has 1 unspecified atom stereocenters. The molecule has 3 nitrogen and oxygen atoms in total. The van der Waals surface area contributed by atoms with Gasteiger partial charge in [0.05, 0.1) is 13.2 Å². The van der Waals surface area contributed by atoms with E-state index < -0.39 is 5.72 Å². The van der Waals surface area contributed by atoms with Crippen molar-refractivity contribution in [3.8, 4) is 0 Å². The van der Waals surface area contributed by atoms with Crippen molar-refractivity contribution in [2.75, 3.05) is 26.4 Å². The van der Waals surface area contributed by atoms with Crippen LogP contribution in [0.4, 0.5) is 4.39 Å². The number of nitrogens with zero attached hydrogens (tertiary/aromatic N) is 1. The average molecular weight is 224 g/mol. The Kier molecular flexibility index (Phi) is 3.53. The normalized spacial score (nSPS) is 25.6. The standard InChI is InChI=1S/C12H15FNO2/c1-2-16-12(9-15-8-7-14-12)10-3-5-11(13)6-4-10/h3-6H,2,7-9H2,1H3. The maximum Gasteiger partial charge on any atom is 0.183 e. The predicted molar refractivity (Wildman–Crippen MR) is 57.5 cm³/mol. The van der Waals surface area contributed by atoms with Crippen molar-refractivity contribution < 1.29 is 13.9 Å². The number of hydrogen-bond acceptors (Lipinski definition) is 2. The smallest absolute Gasteiger partial charge is 0.183 e. The summed E-state index contributed by atoms with van der Waals surface area (Å²) in [6, 6.07) is 6.23. The van der Waals surface area contributed by atoms with E-state index in [1.807, 2.05) is 6.92 Å². The summed E-state index contributed by atoms with van der Waals surface area (Å²) in [7, 11) is 0. The van der Waals surface area contributed by atoms with E-state index in [4.69, 9.17) is 9.47 Å². The van der Waals surface area contributed by atoms with Crippen LogP contribution in [0.25, 0.3) is 0 Å². The fourth-order valence-corrected chi connectivity index (χ4v) is 1.84. The first-order valence-electron chi connectivity index (χ1n) is 5.43. The van der Waals surface area contributed by atoms with Gasteiger partial charge in [0.1, 0.15) is 5.82 Å². The molecule has 0 amide bonds. The summed E-state index contributed by atoms with van der Waals surface area (Å²) in [5, 5.41) is 4.48. The number of ether oxygens (including phenoxy) is 2. The lowest BCUT2D eigenvalue weighted by Gasteiger charge is -2.36. The molecule has 1 heterocycles. The summed E-state index contributed by atoms with van der Waals surface area (Å²) in [6.45, 7) is 4.08. The van der Waals surface area contributed by atoms with Gasteiger partial charge in [-0.15, -0.1) is 0 Å². The number of rotatable bonds is 3. The maximum atomic E-state index is 12.9. The highest BCUT2D eigenvalue weighted by Crippen LogP contribution is 2.26. The molecule has 0 aromatic heterocycles. The third-order valence-corrected chi connectivity index (χ3v) is 2.58. The van der Waals surface area contributed by atoms with Crippen LogP contribution in [0.15, 0.2) is 24.3 Å². The van der Waals surface area contributed by atoms with E-state index in [1.54, 1.807) is 12.1 Å². The van der Waals surface area contributed by atoms with Gasteiger partial charge in [0.25, 0.3) is 0 Å². The van der Waals surface area contributed by atoms with Crippen molar-refractivity contribution in [3.05, 3.63) is 35.6 Å². The molecule has 2 rings (SSSR count). The van der Waals surface area contributed by atoms with Crippen LogP contribution >= 0.6 is 0 Å². The molecule has 0 spiro atoms. The van der Waals surface area contributed by atoms with Gasteiger partial charge in [-0.2, -0.15) is 5.32 Å². The molecule has 1 saturated heterocycles. The van der Waals surface area contributed by atoms with E-state index in [-0.39, 0.29) is 5.82 Å². The van der Waals surface area contributed by atoms with Crippen LogP contribution in [0.1, 0.15) is 12.5 Å². The highest BCUT2D eigenvalue weighted by Gasteiger charge is 2.36. The first kappa shape index (κ1) is 11.5. The van der Waals surface area contributed by atoms with Crippen molar-refractivity contribution in [1.82, 2.24) is 5.32 Å². The molecular formula is C12H15FNO2. The molecule has 1 atom stereocenters. The van der Waals surface area contributed by atoms with Gasteiger partial charge in [-0.1, -0.05) is 12.1 Å². The third kappa shape index (κ3) is 2.24. The average Bonchev–Trinajstić information content (AvgIpc) is 2.31. The quantitative estimate of drug-likeness (QED) is 0.782. The molecule has 0 aliphatic carbocycles. The fourth-order valence-electron chi connectivity index (χ4n) is 1.84. The van der Waals surface area contributed by atoms with Gasteiger partial charge in [-0.3, -0.25) is 0 Å². The first-order valence-corrected chi connectivity index (χ1v) is 5.43. The molecular weight excluding hydrogens is 209 g/mol. The molecule has 1 radical (unpaired) electrons. The number of morpholine rings is 1. The van der Waals surface area contributed by atoms with Crippen molar-refractivity contribution in [3.63, 3.8) is 0 Å². The Balaban J connectivity index is 2.26. The lowest BCUT2D eigenvalue weighted by atomic mass is 10.0. The number of halogens is 1. The van der Waals surface area contributed by atoms with E-state index in [9.17, 15) is 4.39 Å². The van der Waals surface area contributed by atoms with Crippen LogP contribution in [0.2, 0.25) is 0 Å². The second kappa shape index (κ2) is 4.91. The lowest BCUT2D eigenvalue weighted by Crippen LogP contribution is -2.49. The zero-order valence-corrected chi connectivity index (χ0v) is 9.28.